The van der Waals surface area contributed by atoms with Gasteiger partial charge in [-0.15, -0.1) is 0 Å². The lowest BCUT2D eigenvalue weighted by atomic mass is 9.81. The highest BCUT2D eigenvalue weighted by Gasteiger charge is 2.39. The fourth-order valence-electron chi connectivity index (χ4n) is 10.7. The van der Waals surface area contributed by atoms with Crippen molar-refractivity contribution in [2.45, 2.75) is 57.8 Å². The second-order valence-electron chi connectivity index (χ2n) is 17.7. The van der Waals surface area contributed by atoms with E-state index < -0.39 is 0 Å². The first-order valence-electron chi connectivity index (χ1n) is 20.1. The molecule has 0 radical (unpaired) electrons. The normalized spacial score (nSPS) is 15.8. The topological polar surface area (TPSA) is 3.24 Å². The van der Waals surface area contributed by atoms with Crippen molar-refractivity contribution in [1.82, 2.24) is 0 Å². The van der Waals surface area contributed by atoms with E-state index in [-0.39, 0.29) is 16.2 Å². The fourth-order valence-corrected chi connectivity index (χ4v) is 10.7. The average Bonchev–Trinajstić information content (AvgIpc) is 3.70. The number of rotatable bonds is 4. The summed E-state index contributed by atoms with van der Waals surface area (Å²) >= 11 is 0. The highest BCUT2D eigenvalue weighted by molar-refractivity contribution is 6.06. The van der Waals surface area contributed by atoms with Crippen molar-refractivity contribution in [3.63, 3.8) is 0 Å². The van der Waals surface area contributed by atoms with Crippen molar-refractivity contribution >= 4 is 27.8 Å². The monoisotopic (exact) mass is 719 g/mol. The molecule has 1 nitrogen and oxygen atoms in total. The van der Waals surface area contributed by atoms with Crippen molar-refractivity contribution in [3.8, 4) is 44.5 Å². The molecule has 0 saturated carbocycles. The first kappa shape index (κ1) is 33.2. The molecule has 0 heterocycles. The second-order valence-corrected chi connectivity index (χ2v) is 17.7. The Morgan fingerprint density at radius 1 is 0.339 bits per heavy atom. The molecule has 3 aliphatic carbocycles. The van der Waals surface area contributed by atoms with Crippen molar-refractivity contribution in [1.29, 1.82) is 0 Å². The van der Waals surface area contributed by atoms with E-state index in [9.17, 15) is 0 Å². The average molecular weight is 720 g/mol. The Labute approximate surface area is 330 Å². The van der Waals surface area contributed by atoms with Gasteiger partial charge in [0.15, 0.2) is 0 Å². The SMILES string of the molecule is CC1(C)c2ccccc2-c2cc(N(c3ccc4c(c3)C(C)(C)c3ccccc3-4)c3ccc4ccccc4c3-c3ccc4c(c3)C(C)(C)c3ccccc3-4)ccc21. The van der Waals surface area contributed by atoms with E-state index in [0.29, 0.717) is 0 Å². The molecule has 3 aliphatic rings. The Morgan fingerprint density at radius 3 is 1.46 bits per heavy atom. The quantitative estimate of drug-likeness (QED) is 0.175. The van der Waals surface area contributed by atoms with Gasteiger partial charge in [0.25, 0.3) is 0 Å². The van der Waals surface area contributed by atoms with Gasteiger partial charge in [0.05, 0.1) is 5.69 Å². The molecule has 0 spiro atoms. The summed E-state index contributed by atoms with van der Waals surface area (Å²) in [5.74, 6) is 0. The molecule has 0 aromatic heterocycles. The Hall–Kier alpha value is -6.18. The Morgan fingerprint density at radius 2 is 0.804 bits per heavy atom. The van der Waals surface area contributed by atoms with E-state index in [1.165, 1.54) is 100 Å². The first-order chi connectivity index (χ1) is 27.0. The third-order valence-corrected chi connectivity index (χ3v) is 13.7. The molecule has 0 fully saturated rings. The van der Waals surface area contributed by atoms with Crippen LogP contribution in [0.5, 0.6) is 0 Å². The van der Waals surface area contributed by atoms with Crippen molar-refractivity contribution in [2.75, 3.05) is 4.90 Å². The minimum Gasteiger partial charge on any atom is -0.310 e. The van der Waals surface area contributed by atoms with Gasteiger partial charge in [-0.2, -0.15) is 0 Å². The summed E-state index contributed by atoms with van der Waals surface area (Å²) in [6.45, 7) is 14.3. The zero-order chi connectivity index (χ0) is 38.1. The molecule has 270 valence electrons. The number of nitrogens with zero attached hydrogens (tertiary/aromatic N) is 1. The van der Waals surface area contributed by atoms with Gasteiger partial charge in [0.1, 0.15) is 0 Å². The standard InChI is InChI=1S/C55H45N/c1-53(2)47-22-14-11-19-41(47)44-32-36(26-29-48(44)53)56(37-25-28-43-40-18-10-13-21-46(40)55(5,6)50(43)33-37)51-30-24-34-15-7-8-16-38(34)52(51)35-23-27-42-39-17-9-12-20-45(39)54(3,4)49(42)31-35/h7-33H,1-6H3. The molecule has 56 heavy (non-hydrogen) atoms. The summed E-state index contributed by atoms with van der Waals surface area (Å²) in [5, 5.41) is 2.49. The minimum absolute atomic E-state index is 0.0679. The molecule has 0 unspecified atom stereocenters. The largest absolute Gasteiger partial charge is 0.310 e. The van der Waals surface area contributed by atoms with Crippen LogP contribution in [0.2, 0.25) is 0 Å². The van der Waals surface area contributed by atoms with Crippen LogP contribution in [0.15, 0.2) is 164 Å². The lowest BCUT2D eigenvalue weighted by molar-refractivity contribution is 0.660. The molecular formula is C55H45N. The predicted molar refractivity (Wildman–Crippen MR) is 237 cm³/mol. The number of hydrogen-bond acceptors (Lipinski definition) is 1. The Kier molecular flexibility index (Phi) is 6.77. The van der Waals surface area contributed by atoms with Gasteiger partial charge in [-0.1, -0.05) is 169 Å². The van der Waals surface area contributed by atoms with Gasteiger partial charge in [-0.05, 0) is 119 Å². The highest BCUT2D eigenvalue weighted by Crippen LogP contribution is 2.55. The van der Waals surface area contributed by atoms with Crippen LogP contribution in [0.4, 0.5) is 17.1 Å². The van der Waals surface area contributed by atoms with E-state index in [2.05, 4.69) is 210 Å². The van der Waals surface area contributed by atoms with Gasteiger partial charge in [0.2, 0.25) is 0 Å². The summed E-state index contributed by atoms with van der Waals surface area (Å²) in [5.41, 5.74) is 22.0. The summed E-state index contributed by atoms with van der Waals surface area (Å²) in [6.07, 6.45) is 0. The fraction of sp³-hybridized carbons (Fsp3) is 0.164. The molecule has 0 atom stereocenters. The minimum atomic E-state index is -0.124. The van der Waals surface area contributed by atoms with Gasteiger partial charge in [-0.3, -0.25) is 0 Å². The second kappa shape index (κ2) is 11.4. The third kappa shape index (κ3) is 4.43. The zero-order valence-corrected chi connectivity index (χ0v) is 33.0. The molecule has 0 saturated heterocycles. The summed E-state index contributed by atoms with van der Waals surface area (Å²) < 4.78 is 0. The van der Waals surface area contributed by atoms with E-state index in [4.69, 9.17) is 0 Å². The smallest absolute Gasteiger partial charge is 0.0546 e. The molecular weight excluding hydrogens is 675 g/mol. The Bertz CT molecular complexity index is 2950. The third-order valence-electron chi connectivity index (χ3n) is 13.7. The van der Waals surface area contributed by atoms with E-state index in [1.807, 2.05) is 0 Å². The lowest BCUT2D eigenvalue weighted by Crippen LogP contribution is -2.17. The molecule has 11 rings (SSSR count). The van der Waals surface area contributed by atoms with Crippen LogP contribution in [0, 0.1) is 0 Å². The molecule has 8 aromatic rings. The van der Waals surface area contributed by atoms with Crippen LogP contribution in [-0.2, 0) is 16.2 Å². The predicted octanol–water partition coefficient (Wildman–Crippen LogP) is 14.9. The maximum Gasteiger partial charge on any atom is 0.0546 e. The summed E-state index contributed by atoms with van der Waals surface area (Å²) in [4.78, 5) is 2.54. The van der Waals surface area contributed by atoms with Crippen molar-refractivity contribution in [2.24, 2.45) is 0 Å². The van der Waals surface area contributed by atoms with Crippen LogP contribution in [0.3, 0.4) is 0 Å². The van der Waals surface area contributed by atoms with Gasteiger partial charge in [-0.25, -0.2) is 0 Å². The van der Waals surface area contributed by atoms with Crippen LogP contribution in [-0.4, -0.2) is 0 Å². The van der Waals surface area contributed by atoms with E-state index in [1.54, 1.807) is 0 Å². The maximum atomic E-state index is 2.54. The van der Waals surface area contributed by atoms with Crippen molar-refractivity contribution in [3.05, 3.63) is 197 Å². The number of benzene rings is 8. The molecule has 0 bridgehead atoms. The lowest BCUT2D eigenvalue weighted by Gasteiger charge is -2.31. The summed E-state index contributed by atoms with van der Waals surface area (Å²) in [7, 11) is 0. The van der Waals surface area contributed by atoms with Gasteiger partial charge in [0, 0.05) is 33.2 Å². The number of fused-ring (bicyclic) bond motifs is 10. The van der Waals surface area contributed by atoms with Crippen LogP contribution < -0.4 is 4.90 Å². The van der Waals surface area contributed by atoms with E-state index >= 15 is 0 Å². The molecule has 1 heteroatoms. The van der Waals surface area contributed by atoms with Gasteiger partial charge >= 0.3 is 0 Å². The molecule has 8 aromatic carbocycles. The molecule has 0 amide bonds. The van der Waals surface area contributed by atoms with Crippen LogP contribution in [0.25, 0.3) is 55.3 Å². The summed E-state index contributed by atoms with van der Waals surface area (Å²) in [6, 6.07) is 62.1. The maximum absolute atomic E-state index is 2.54. The van der Waals surface area contributed by atoms with Crippen LogP contribution >= 0.6 is 0 Å². The number of hydrogen-bond donors (Lipinski definition) is 0. The molecule has 0 aliphatic heterocycles. The van der Waals surface area contributed by atoms with Crippen LogP contribution in [0.1, 0.15) is 74.9 Å². The highest BCUT2D eigenvalue weighted by atomic mass is 15.1. The number of anilines is 3. The Balaban J connectivity index is 1.19. The first-order valence-corrected chi connectivity index (χ1v) is 20.1. The van der Waals surface area contributed by atoms with Gasteiger partial charge < -0.3 is 4.90 Å². The van der Waals surface area contributed by atoms with Crippen molar-refractivity contribution < 1.29 is 0 Å². The zero-order valence-electron chi connectivity index (χ0n) is 33.0. The molecule has 0 N–H and O–H groups in total. The van der Waals surface area contributed by atoms with E-state index in [0.717, 1.165) is 5.69 Å².